The molecule has 0 aliphatic carbocycles. The minimum absolute atomic E-state index is 0.0804. The number of hydrogen-bond donors (Lipinski definition) is 1. The normalized spacial score (nSPS) is 12.0. The highest BCUT2D eigenvalue weighted by Gasteiger charge is 2.21. The highest BCUT2D eigenvalue weighted by molar-refractivity contribution is 7.09. The van der Waals surface area contributed by atoms with Crippen LogP contribution in [0.15, 0.2) is 35.7 Å². The van der Waals surface area contributed by atoms with E-state index in [9.17, 15) is 4.79 Å². The van der Waals surface area contributed by atoms with Crippen molar-refractivity contribution in [1.82, 2.24) is 4.90 Å². The van der Waals surface area contributed by atoms with Crippen LogP contribution in [0.5, 0.6) is 5.75 Å². The number of benzene rings is 1. The lowest BCUT2D eigenvalue weighted by Crippen LogP contribution is -2.36. The Morgan fingerprint density at radius 1 is 1.43 bits per heavy atom. The molecule has 5 heteroatoms. The van der Waals surface area contributed by atoms with Crippen molar-refractivity contribution in [3.05, 3.63) is 46.2 Å². The molecule has 0 fully saturated rings. The van der Waals surface area contributed by atoms with Crippen LogP contribution in [-0.4, -0.2) is 31.0 Å². The lowest BCUT2D eigenvalue weighted by atomic mass is 10.1. The quantitative estimate of drug-likeness (QED) is 0.864. The van der Waals surface area contributed by atoms with Crippen LogP contribution in [0, 0.1) is 0 Å². The number of likely N-dealkylation sites (N-methyl/N-ethyl adjacent to an activating group) is 1. The van der Waals surface area contributed by atoms with Gasteiger partial charge in [0.05, 0.1) is 12.7 Å². The van der Waals surface area contributed by atoms with Gasteiger partial charge in [0.25, 0.3) is 5.91 Å². The van der Waals surface area contributed by atoms with Gasteiger partial charge in [0.1, 0.15) is 5.75 Å². The number of methoxy groups -OCH3 is 1. The molecule has 2 aromatic rings. The average Bonchev–Trinajstić information content (AvgIpc) is 2.98. The van der Waals surface area contributed by atoms with Crippen molar-refractivity contribution >= 4 is 22.9 Å². The molecule has 2 N–H and O–H groups in total. The Hall–Kier alpha value is -2.01. The molecule has 21 heavy (non-hydrogen) atoms. The number of ether oxygens (including phenoxy) is 1. The summed E-state index contributed by atoms with van der Waals surface area (Å²) in [5.74, 6) is 0.465. The minimum atomic E-state index is -0.0804. The lowest BCUT2D eigenvalue weighted by molar-refractivity contribution is 0.0740. The number of anilines is 1. The van der Waals surface area contributed by atoms with Gasteiger partial charge < -0.3 is 15.4 Å². The van der Waals surface area contributed by atoms with E-state index >= 15 is 0 Å². The van der Waals surface area contributed by atoms with Crippen LogP contribution in [0.3, 0.4) is 0 Å². The summed E-state index contributed by atoms with van der Waals surface area (Å²) >= 11 is 1.70. The van der Waals surface area contributed by atoms with E-state index in [1.165, 1.54) is 4.88 Å². The van der Waals surface area contributed by atoms with Crippen LogP contribution in [0.2, 0.25) is 0 Å². The standard InChI is InChI=1S/C16H20N2O2S/c1-11(9-13-5-4-8-21-13)18(2)16(19)14-10-12(17)6-7-15(14)20-3/h4-8,10-11H,9,17H2,1-3H3. The summed E-state index contributed by atoms with van der Waals surface area (Å²) in [6.07, 6.45) is 0.838. The van der Waals surface area contributed by atoms with E-state index in [0.29, 0.717) is 17.0 Å². The summed E-state index contributed by atoms with van der Waals surface area (Å²) in [6, 6.07) is 9.32. The highest BCUT2D eigenvalue weighted by atomic mass is 32.1. The van der Waals surface area contributed by atoms with E-state index in [-0.39, 0.29) is 11.9 Å². The summed E-state index contributed by atoms with van der Waals surface area (Å²) in [5, 5.41) is 2.05. The van der Waals surface area contributed by atoms with E-state index in [2.05, 4.69) is 6.07 Å². The Labute approximate surface area is 129 Å². The molecule has 1 amide bonds. The van der Waals surface area contributed by atoms with Crippen molar-refractivity contribution in [3.63, 3.8) is 0 Å². The van der Waals surface area contributed by atoms with Crippen molar-refractivity contribution < 1.29 is 9.53 Å². The minimum Gasteiger partial charge on any atom is -0.496 e. The zero-order valence-corrected chi connectivity index (χ0v) is 13.3. The van der Waals surface area contributed by atoms with Gasteiger partial charge in [0.2, 0.25) is 0 Å². The van der Waals surface area contributed by atoms with Crippen molar-refractivity contribution in [2.45, 2.75) is 19.4 Å². The molecule has 4 nitrogen and oxygen atoms in total. The molecule has 0 radical (unpaired) electrons. The molecule has 0 saturated heterocycles. The molecule has 112 valence electrons. The maximum absolute atomic E-state index is 12.6. The van der Waals surface area contributed by atoms with Crippen LogP contribution in [0.1, 0.15) is 22.2 Å². The molecule has 0 bridgehead atoms. The number of nitrogens with zero attached hydrogens (tertiary/aromatic N) is 1. The molecule has 1 aromatic heterocycles. The number of thiophene rings is 1. The maximum atomic E-state index is 12.6. The third-order valence-electron chi connectivity index (χ3n) is 3.51. The molecule has 1 atom stereocenters. The molecular weight excluding hydrogens is 284 g/mol. The first kappa shape index (κ1) is 15.4. The zero-order chi connectivity index (χ0) is 15.4. The van der Waals surface area contributed by atoms with Crippen molar-refractivity contribution in [1.29, 1.82) is 0 Å². The summed E-state index contributed by atoms with van der Waals surface area (Å²) in [7, 11) is 3.36. The maximum Gasteiger partial charge on any atom is 0.257 e. The van der Waals surface area contributed by atoms with Gasteiger partial charge in [-0.25, -0.2) is 0 Å². The molecule has 0 saturated carbocycles. The summed E-state index contributed by atoms with van der Waals surface area (Å²) in [6.45, 7) is 2.04. The van der Waals surface area contributed by atoms with Gasteiger partial charge in [-0.1, -0.05) is 6.07 Å². The van der Waals surface area contributed by atoms with E-state index in [1.807, 2.05) is 25.4 Å². The summed E-state index contributed by atoms with van der Waals surface area (Å²) < 4.78 is 5.26. The fourth-order valence-corrected chi connectivity index (χ4v) is 2.97. The molecule has 1 aromatic carbocycles. The van der Waals surface area contributed by atoms with Gasteiger partial charge in [-0.2, -0.15) is 0 Å². The Bertz CT molecular complexity index is 611. The average molecular weight is 304 g/mol. The highest BCUT2D eigenvalue weighted by Crippen LogP contribution is 2.24. The Kier molecular flexibility index (Phi) is 4.85. The number of nitrogens with two attached hydrogens (primary N) is 1. The van der Waals surface area contributed by atoms with Gasteiger partial charge in [-0.3, -0.25) is 4.79 Å². The predicted molar refractivity (Wildman–Crippen MR) is 87.0 cm³/mol. The molecule has 0 spiro atoms. The first-order valence-electron chi connectivity index (χ1n) is 6.76. The van der Waals surface area contributed by atoms with Gasteiger partial charge in [-0.05, 0) is 36.6 Å². The number of rotatable bonds is 5. The Morgan fingerprint density at radius 2 is 2.19 bits per heavy atom. The Balaban J connectivity index is 2.16. The molecule has 1 unspecified atom stereocenters. The molecule has 0 aliphatic rings. The van der Waals surface area contributed by atoms with Gasteiger partial charge in [0.15, 0.2) is 0 Å². The predicted octanol–water partition coefficient (Wildman–Crippen LogP) is 3.04. The van der Waals surface area contributed by atoms with Crippen molar-refractivity contribution in [3.8, 4) is 5.75 Å². The van der Waals surface area contributed by atoms with E-state index in [1.54, 1.807) is 41.5 Å². The first-order chi connectivity index (χ1) is 10.0. The second kappa shape index (κ2) is 6.63. The zero-order valence-electron chi connectivity index (χ0n) is 12.5. The number of hydrogen-bond acceptors (Lipinski definition) is 4. The monoisotopic (exact) mass is 304 g/mol. The first-order valence-corrected chi connectivity index (χ1v) is 7.64. The van der Waals surface area contributed by atoms with Crippen molar-refractivity contribution in [2.24, 2.45) is 0 Å². The van der Waals surface area contributed by atoms with E-state index in [4.69, 9.17) is 10.5 Å². The second-order valence-corrected chi connectivity index (χ2v) is 6.04. The third-order valence-corrected chi connectivity index (χ3v) is 4.41. The lowest BCUT2D eigenvalue weighted by Gasteiger charge is -2.25. The molecular formula is C16H20N2O2S. The fourth-order valence-electron chi connectivity index (χ4n) is 2.14. The van der Waals surface area contributed by atoms with Crippen LogP contribution >= 0.6 is 11.3 Å². The summed E-state index contributed by atoms with van der Waals surface area (Å²) in [5.41, 5.74) is 6.83. The van der Waals surface area contributed by atoms with E-state index < -0.39 is 0 Å². The second-order valence-electron chi connectivity index (χ2n) is 5.01. The van der Waals surface area contributed by atoms with Crippen LogP contribution in [0.4, 0.5) is 5.69 Å². The van der Waals surface area contributed by atoms with Gasteiger partial charge >= 0.3 is 0 Å². The number of nitrogen functional groups attached to an aromatic ring is 1. The van der Waals surface area contributed by atoms with Crippen LogP contribution in [0.25, 0.3) is 0 Å². The fraction of sp³-hybridized carbons (Fsp3) is 0.312. The number of amides is 1. The smallest absolute Gasteiger partial charge is 0.257 e. The van der Waals surface area contributed by atoms with Crippen LogP contribution in [-0.2, 0) is 6.42 Å². The topological polar surface area (TPSA) is 55.6 Å². The third kappa shape index (κ3) is 3.55. The molecule has 0 aliphatic heterocycles. The summed E-state index contributed by atoms with van der Waals surface area (Å²) in [4.78, 5) is 15.6. The SMILES string of the molecule is COc1ccc(N)cc1C(=O)N(C)C(C)Cc1cccs1. The van der Waals surface area contributed by atoms with Crippen molar-refractivity contribution in [2.75, 3.05) is 19.9 Å². The van der Waals surface area contributed by atoms with Crippen LogP contribution < -0.4 is 10.5 Å². The van der Waals surface area contributed by atoms with Gasteiger partial charge in [-0.15, -0.1) is 11.3 Å². The number of carbonyl (C=O) groups excluding carboxylic acids is 1. The molecule has 2 rings (SSSR count). The molecule has 1 heterocycles. The van der Waals surface area contributed by atoms with E-state index in [0.717, 1.165) is 6.42 Å². The largest absolute Gasteiger partial charge is 0.496 e. The Morgan fingerprint density at radius 3 is 2.81 bits per heavy atom. The van der Waals surface area contributed by atoms with Gasteiger partial charge in [0, 0.05) is 30.1 Å². The number of carbonyl (C=O) groups is 1.